The lowest BCUT2D eigenvalue weighted by Crippen LogP contribution is -2.29. The monoisotopic (exact) mass is 578 g/mol. The van der Waals surface area contributed by atoms with E-state index >= 15 is 0 Å². The predicted molar refractivity (Wildman–Crippen MR) is 167 cm³/mol. The molecule has 6 nitrogen and oxygen atoms in total. The summed E-state index contributed by atoms with van der Waals surface area (Å²) >= 11 is 0. The number of aliphatic hydroxyl groups excluding tert-OH is 3. The highest BCUT2D eigenvalue weighted by molar-refractivity contribution is 5.90. The number of carbonyl (C=O) groups excluding carboxylic acids is 1. The van der Waals surface area contributed by atoms with Gasteiger partial charge in [0, 0.05) is 18.4 Å². The third-order valence-corrected chi connectivity index (χ3v) is 8.65. The van der Waals surface area contributed by atoms with E-state index in [0.717, 1.165) is 44.9 Å². The second kappa shape index (κ2) is 22.3. The predicted octanol–water partition coefficient (Wildman–Crippen LogP) is 7.87. The standard InChI is InChI=1S/C35H62O6/c1-3-4-5-6-7-8-9-10-11-12-13-14-15-17-21-31(37)27-33(38)34-24-23-32(41-34)22-19-16-18-20-30(36)26-29-25-28(2)40-35(29)39/h17,21,25,28,30-34,36-38H,3-16,18-20,22-24,26-27H2,1-2H3/b21-17-/t28-,30+,31+,32+,33-,34-/m0/s1. The minimum absolute atomic E-state index is 0.165. The van der Waals surface area contributed by atoms with Crippen LogP contribution in [0.1, 0.15) is 155 Å². The summed E-state index contributed by atoms with van der Waals surface area (Å²) in [6.07, 6.45) is 27.9. The Bertz CT molecular complexity index is 734. The highest BCUT2D eigenvalue weighted by Crippen LogP contribution is 2.28. The van der Waals surface area contributed by atoms with Crippen molar-refractivity contribution in [2.24, 2.45) is 0 Å². The Balaban J connectivity index is 1.42. The summed E-state index contributed by atoms with van der Waals surface area (Å²) in [6, 6.07) is 0. The van der Waals surface area contributed by atoms with Gasteiger partial charge >= 0.3 is 5.97 Å². The number of rotatable bonds is 25. The Morgan fingerprint density at radius 3 is 2.15 bits per heavy atom. The van der Waals surface area contributed by atoms with Gasteiger partial charge in [-0.15, -0.1) is 0 Å². The van der Waals surface area contributed by atoms with Gasteiger partial charge < -0.3 is 24.8 Å². The Hall–Kier alpha value is -1.21. The van der Waals surface area contributed by atoms with E-state index in [9.17, 15) is 20.1 Å². The van der Waals surface area contributed by atoms with Crippen molar-refractivity contribution < 1.29 is 29.6 Å². The van der Waals surface area contributed by atoms with Crippen LogP contribution in [-0.4, -0.2) is 57.9 Å². The smallest absolute Gasteiger partial charge is 0.334 e. The van der Waals surface area contributed by atoms with Crippen molar-refractivity contribution in [2.45, 2.75) is 192 Å². The van der Waals surface area contributed by atoms with Crippen LogP contribution in [0.2, 0.25) is 0 Å². The van der Waals surface area contributed by atoms with Crippen molar-refractivity contribution in [3.8, 4) is 0 Å². The van der Waals surface area contributed by atoms with Crippen LogP contribution in [0.15, 0.2) is 23.8 Å². The maximum Gasteiger partial charge on any atom is 0.334 e. The molecule has 3 N–H and O–H groups in total. The molecule has 0 aromatic rings. The Morgan fingerprint density at radius 1 is 0.878 bits per heavy atom. The van der Waals surface area contributed by atoms with Crippen LogP contribution in [0.25, 0.3) is 0 Å². The number of aliphatic hydroxyl groups is 3. The number of carbonyl (C=O) groups is 1. The summed E-state index contributed by atoms with van der Waals surface area (Å²) in [4.78, 5) is 11.7. The van der Waals surface area contributed by atoms with Crippen molar-refractivity contribution in [2.75, 3.05) is 0 Å². The van der Waals surface area contributed by atoms with Gasteiger partial charge in [-0.05, 0) is 51.5 Å². The Kier molecular flexibility index (Phi) is 19.6. The van der Waals surface area contributed by atoms with Crippen LogP contribution in [0.5, 0.6) is 0 Å². The van der Waals surface area contributed by atoms with Crippen LogP contribution in [0, 0.1) is 0 Å². The molecule has 6 atom stereocenters. The van der Waals surface area contributed by atoms with Crippen LogP contribution in [0.4, 0.5) is 0 Å². The van der Waals surface area contributed by atoms with E-state index in [-0.39, 0.29) is 24.3 Å². The molecule has 2 aliphatic heterocycles. The fourth-order valence-electron chi connectivity index (χ4n) is 6.13. The van der Waals surface area contributed by atoms with E-state index in [1.807, 2.05) is 13.0 Å². The number of unbranched alkanes of at least 4 members (excludes halogenated alkanes) is 14. The van der Waals surface area contributed by atoms with Gasteiger partial charge in [0.2, 0.25) is 0 Å². The van der Waals surface area contributed by atoms with Crippen LogP contribution >= 0.6 is 0 Å². The summed E-state index contributed by atoms with van der Waals surface area (Å²) in [6.45, 7) is 4.09. The molecule has 0 aliphatic carbocycles. The van der Waals surface area contributed by atoms with Crippen LogP contribution in [-0.2, 0) is 14.3 Å². The molecular weight excluding hydrogens is 516 g/mol. The highest BCUT2D eigenvalue weighted by Gasteiger charge is 2.31. The van der Waals surface area contributed by atoms with E-state index in [0.29, 0.717) is 24.8 Å². The number of hydrogen-bond donors (Lipinski definition) is 3. The maximum absolute atomic E-state index is 11.7. The molecule has 238 valence electrons. The molecule has 2 aliphatic rings. The SMILES string of the molecule is CCCCCCCCCCCCCC/C=C\[C@@H](O)C[C@H](O)[C@@H]1CC[C@@H](CCCCC[C@@H](O)CC2=C[C@H](C)OC2=O)O1. The number of ether oxygens (including phenoxy) is 2. The molecule has 2 heterocycles. The Labute approximate surface area is 251 Å². The molecule has 0 radical (unpaired) electrons. The van der Waals surface area contributed by atoms with E-state index in [1.165, 1.54) is 77.0 Å². The van der Waals surface area contributed by atoms with Gasteiger partial charge in [-0.2, -0.15) is 0 Å². The molecule has 0 amide bonds. The van der Waals surface area contributed by atoms with Crippen molar-refractivity contribution in [3.63, 3.8) is 0 Å². The molecule has 6 heteroatoms. The summed E-state index contributed by atoms with van der Waals surface area (Å²) < 4.78 is 11.2. The topological polar surface area (TPSA) is 96.2 Å². The highest BCUT2D eigenvalue weighted by atomic mass is 16.5. The zero-order valence-electron chi connectivity index (χ0n) is 26.3. The van der Waals surface area contributed by atoms with Gasteiger partial charge in [0.1, 0.15) is 6.10 Å². The van der Waals surface area contributed by atoms with Gasteiger partial charge in [-0.25, -0.2) is 4.79 Å². The van der Waals surface area contributed by atoms with E-state index < -0.39 is 18.3 Å². The molecule has 0 unspecified atom stereocenters. The van der Waals surface area contributed by atoms with Crippen LogP contribution in [0.3, 0.4) is 0 Å². The molecule has 0 aromatic heterocycles. The number of esters is 1. The van der Waals surface area contributed by atoms with Gasteiger partial charge in [-0.1, -0.05) is 109 Å². The average Bonchev–Trinajstić information content (AvgIpc) is 3.54. The van der Waals surface area contributed by atoms with Crippen molar-refractivity contribution in [1.82, 2.24) is 0 Å². The first-order valence-corrected chi connectivity index (χ1v) is 17.2. The lowest BCUT2D eigenvalue weighted by atomic mass is 10.0. The molecule has 0 saturated carbocycles. The third-order valence-electron chi connectivity index (χ3n) is 8.65. The second-order valence-electron chi connectivity index (χ2n) is 12.6. The lowest BCUT2D eigenvalue weighted by Gasteiger charge is -2.20. The van der Waals surface area contributed by atoms with Gasteiger partial charge in [-0.3, -0.25) is 0 Å². The molecule has 0 bridgehead atoms. The van der Waals surface area contributed by atoms with Gasteiger partial charge in [0.25, 0.3) is 0 Å². The zero-order valence-corrected chi connectivity index (χ0v) is 26.3. The number of hydrogen-bond acceptors (Lipinski definition) is 6. The molecular formula is C35H62O6. The summed E-state index contributed by atoms with van der Waals surface area (Å²) in [5, 5.41) is 31.2. The minimum Gasteiger partial charge on any atom is -0.455 e. The first-order valence-electron chi connectivity index (χ1n) is 17.2. The molecule has 1 fully saturated rings. The third kappa shape index (κ3) is 16.9. The fourth-order valence-corrected chi connectivity index (χ4v) is 6.13. The molecule has 0 spiro atoms. The zero-order chi connectivity index (χ0) is 29.7. The largest absolute Gasteiger partial charge is 0.455 e. The number of cyclic esters (lactones) is 1. The molecule has 0 aromatic carbocycles. The minimum atomic E-state index is -0.638. The Morgan fingerprint density at radius 2 is 1.51 bits per heavy atom. The van der Waals surface area contributed by atoms with Crippen molar-refractivity contribution in [3.05, 3.63) is 23.8 Å². The van der Waals surface area contributed by atoms with Crippen molar-refractivity contribution >= 4 is 5.97 Å². The quantitative estimate of drug-likeness (QED) is 0.0580. The fraction of sp³-hybridized carbons (Fsp3) is 0.857. The van der Waals surface area contributed by atoms with Crippen LogP contribution < -0.4 is 0 Å². The molecule has 2 rings (SSSR count). The maximum atomic E-state index is 11.7. The van der Waals surface area contributed by atoms with Crippen molar-refractivity contribution in [1.29, 1.82) is 0 Å². The lowest BCUT2D eigenvalue weighted by molar-refractivity contribution is -0.139. The number of allylic oxidation sites excluding steroid dienone is 1. The normalized spacial score (nSPS) is 23.2. The first kappa shape index (κ1) is 36.0. The summed E-state index contributed by atoms with van der Waals surface area (Å²) in [5.41, 5.74) is 0.592. The average molecular weight is 579 g/mol. The van der Waals surface area contributed by atoms with E-state index in [2.05, 4.69) is 13.0 Å². The molecule has 1 saturated heterocycles. The van der Waals surface area contributed by atoms with E-state index in [4.69, 9.17) is 9.47 Å². The first-order chi connectivity index (χ1) is 19.9. The molecule has 41 heavy (non-hydrogen) atoms. The second-order valence-corrected chi connectivity index (χ2v) is 12.6. The van der Waals surface area contributed by atoms with Gasteiger partial charge in [0.15, 0.2) is 0 Å². The van der Waals surface area contributed by atoms with Gasteiger partial charge in [0.05, 0.1) is 30.5 Å². The summed E-state index contributed by atoms with van der Waals surface area (Å²) in [5.74, 6) is -0.301. The summed E-state index contributed by atoms with van der Waals surface area (Å²) in [7, 11) is 0. The van der Waals surface area contributed by atoms with E-state index in [1.54, 1.807) is 6.08 Å².